The fraction of sp³-hybridized carbons (Fsp3) is 0.500. The first-order chi connectivity index (χ1) is 5.83. The normalized spacial score (nSPS) is 9.83. The Morgan fingerprint density at radius 1 is 1.42 bits per heavy atom. The maximum absolute atomic E-state index is 5.26. The summed E-state index contributed by atoms with van der Waals surface area (Å²) in [6.07, 6.45) is 5.51. The maximum atomic E-state index is 5.26. The molecule has 0 N–H and O–H groups in total. The number of hydrogen-bond acceptors (Lipinski definition) is 3. The first kappa shape index (κ1) is 9.45. The van der Waals surface area contributed by atoms with E-state index in [1.54, 1.807) is 12.4 Å². The molecule has 0 aliphatic carbocycles. The molecule has 0 aromatic carbocycles. The molecular weight excluding hydrogens is 220 g/mol. The molecule has 0 spiro atoms. The SMILES string of the molecule is CCCCOc1ncc(Br)cn1. The lowest BCUT2D eigenvalue weighted by Gasteiger charge is -2.01. The number of aromatic nitrogens is 2. The van der Waals surface area contributed by atoms with Crippen molar-refractivity contribution >= 4 is 15.9 Å². The highest BCUT2D eigenvalue weighted by atomic mass is 79.9. The molecule has 0 aliphatic rings. The van der Waals surface area contributed by atoms with E-state index in [-0.39, 0.29) is 0 Å². The van der Waals surface area contributed by atoms with Crippen LogP contribution in [0.5, 0.6) is 6.01 Å². The van der Waals surface area contributed by atoms with Gasteiger partial charge >= 0.3 is 6.01 Å². The van der Waals surface area contributed by atoms with Crippen molar-refractivity contribution in [2.24, 2.45) is 0 Å². The zero-order valence-electron chi connectivity index (χ0n) is 6.96. The number of halogens is 1. The fourth-order valence-corrected chi connectivity index (χ4v) is 0.888. The van der Waals surface area contributed by atoms with Crippen molar-refractivity contribution in [3.05, 3.63) is 16.9 Å². The van der Waals surface area contributed by atoms with Gasteiger partial charge in [0.1, 0.15) is 0 Å². The van der Waals surface area contributed by atoms with Crippen LogP contribution >= 0.6 is 15.9 Å². The molecule has 0 saturated heterocycles. The highest BCUT2D eigenvalue weighted by Crippen LogP contribution is 2.08. The van der Waals surface area contributed by atoms with Gasteiger partial charge in [0.25, 0.3) is 0 Å². The molecule has 1 heterocycles. The van der Waals surface area contributed by atoms with E-state index in [0.29, 0.717) is 12.6 Å². The predicted octanol–water partition coefficient (Wildman–Crippen LogP) is 2.42. The standard InChI is InChI=1S/C8H11BrN2O/c1-2-3-4-12-8-10-5-7(9)6-11-8/h5-6H,2-4H2,1H3. The van der Waals surface area contributed by atoms with Gasteiger partial charge in [0.2, 0.25) is 0 Å². The van der Waals surface area contributed by atoms with E-state index < -0.39 is 0 Å². The van der Waals surface area contributed by atoms with Crippen molar-refractivity contribution in [3.8, 4) is 6.01 Å². The van der Waals surface area contributed by atoms with E-state index in [9.17, 15) is 0 Å². The van der Waals surface area contributed by atoms with Gasteiger partial charge in [0.05, 0.1) is 11.1 Å². The van der Waals surface area contributed by atoms with Gasteiger partial charge in [-0.25, -0.2) is 9.97 Å². The molecule has 1 rings (SSSR count). The predicted molar refractivity (Wildman–Crippen MR) is 50.1 cm³/mol. The third-order valence-corrected chi connectivity index (χ3v) is 1.74. The Labute approximate surface area is 80.3 Å². The average Bonchev–Trinajstić information content (AvgIpc) is 2.09. The summed E-state index contributed by atoms with van der Waals surface area (Å²) in [5.74, 6) is 0. The van der Waals surface area contributed by atoms with Gasteiger partial charge in [0.15, 0.2) is 0 Å². The van der Waals surface area contributed by atoms with Gasteiger partial charge in [-0.3, -0.25) is 0 Å². The van der Waals surface area contributed by atoms with Crippen LogP contribution in [0.15, 0.2) is 16.9 Å². The van der Waals surface area contributed by atoms with Crippen molar-refractivity contribution < 1.29 is 4.74 Å². The Balaban J connectivity index is 2.37. The van der Waals surface area contributed by atoms with E-state index in [0.717, 1.165) is 17.3 Å². The van der Waals surface area contributed by atoms with E-state index in [2.05, 4.69) is 32.8 Å². The second kappa shape index (κ2) is 5.09. The molecule has 0 saturated carbocycles. The van der Waals surface area contributed by atoms with Crippen molar-refractivity contribution in [1.29, 1.82) is 0 Å². The average molecular weight is 231 g/mol. The third kappa shape index (κ3) is 3.17. The Kier molecular flexibility index (Phi) is 4.00. The van der Waals surface area contributed by atoms with Crippen LogP contribution in [0.4, 0.5) is 0 Å². The number of rotatable bonds is 4. The van der Waals surface area contributed by atoms with E-state index in [1.807, 2.05) is 0 Å². The van der Waals surface area contributed by atoms with E-state index >= 15 is 0 Å². The molecule has 4 heteroatoms. The molecule has 0 aliphatic heterocycles. The van der Waals surface area contributed by atoms with Gasteiger partial charge < -0.3 is 4.74 Å². The van der Waals surface area contributed by atoms with Gasteiger partial charge in [-0.15, -0.1) is 0 Å². The maximum Gasteiger partial charge on any atom is 0.316 e. The van der Waals surface area contributed by atoms with Crippen molar-refractivity contribution in [1.82, 2.24) is 9.97 Å². The highest BCUT2D eigenvalue weighted by molar-refractivity contribution is 9.10. The lowest BCUT2D eigenvalue weighted by molar-refractivity contribution is 0.285. The summed E-state index contributed by atoms with van der Waals surface area (Å²) in [7, 11) is 0. The van der Waals surface area contributed by atoms with Crippen LogP contribution in [0.25, 0.3) is 0 Å². The van der Waals surface area contributed by atoms with Crippen LogP contribution in [0.3, 0.4) is 0 Å². The summed E-state index contributed by atoms with van der Waals surface area (Å²) in [4.78, 5) is 7.94. The first-order valence-electron chi connectivity index (χ1n) is 3.93. The lowest BCUT2D eigenvalue weighted by Crippen LogP contribution is -1.99. The van der Waals surface area contributed by atoms with Crippen LogP contribution in [0, 0.1) is 0 Å². The van der Waals surface area contributed by atoms with Gasteiger partial charge in [-0.1, -0.05) is 13.3 Å². The summed E-state index contributed by atoms with van der Waals surface area (Å²) in [6.45, 7) is 2.81. The zero-order valence-corrected chi connectivity index (χ0v) is 8.54. The number of hydrogen-bond donors (Lipinski definition) is 0. The summed E-state index contributed by atoms with van der Waals surface area (Å²) < 4.78 is 6.12. The van der Waals surface area contributed by atoms with Crippen LogP contribution in [0.1, 0.15) is 19.8 Å². The summed E-state index contributed by atoms with van der Waals surface area (Å²) >= 11 is 3.25. The van der Waals surface area contributed by atoms with Crippen LogP contribution < -0.4 is 4.74 Å². The Morgan fingerprint density at radius 2 is 2.08 bits per heavy atom. The highest BCUT2D eigenvalue weighted by Gasteiger charge is 1.95. The van der Waals surface area contributed by atoms with E-state index in [4.69, 9.17) is 4.74 Å². The fourth-order valence-electron chi connectivity index (χ4n) is 0.683. The molecular formula is C8H11BrN2O. The summed E-state index contributed by atoms with van der Waals surface area (Å²) in [5, 5.41) is 0. The van der Waals surface area contributed by atoms with Crippen molar-refractivity contribution in [2.45, 2.75) is 19.8 Å². The molecule has 12 heavy (non-hydrogen) atoms. The quantitative estimate of drug-likeness (QED) is 0.746. The third-order valence-electron chi connectivity index (χ3n) is 1.33. The first-order valence-corrected chi connectivity index (χ1v) is 4.72. The number of unbranched alkanes of at least 4 members (excludes halogenated alkanes) is 1. The summed E-state index contributed by atoms with van der Waals surface area (Å²) in [5.41, 5.74) is 0. The van der Waals surface area contributed by atoms with Crippen LogP contribution in [0.2, 0.25) is 0 Å². The van der Waals surface area contributed by atoms with Gasteiger partial charge in [0, 0.05) is 12.4 Å². The molecule has 1 aromatic heterocycles. The van der Waals surface area contributed by atoms with Gasteiger partial charge in [-0.2, -0.15) is 0 Å². The minimum absolute atomic E-state index is 0.451. The topological polar surface area (TPSA) is 35.0 Å². The number of ether oxygens (including phenoxy) is 1. The number of nitrogens with zero attached hydrogens (tertiary/aromatic N) is 2. The molecule has 66 valence electrons. The molecule has 0 fully saturated rings. The van der Waals surface area contributed by atoms with Crippen molar-refractivity contribution in [3.63, 3.8) is 0 Å². The Morgan fingerprint density at radius 3 is 2.67 bits per heavy atom. The molecule has 1 aromatic rings. The molecule has 0 amide bonds. The molecule has 0 atom stereocenters. The second-order valence-corrected chi connectivity index (χ2v) is 3.30. The molecule has 0 radical (unpaired) electrons. The van der Waals surface area contributed by atoms with Crippen LogP contribution in [-0.4, -0.2) is 16.6 Å². The zero-order chi connectivity index (χ0) is 8.81. The summed E-state index contributed by atoms with van der Waals surface area (Å²) in [6, 6.07) is 0.451. The second-order valence-electron chi connectivity index (χ2n) is 2.39. The lowest BCUT2D eigenvalue weighted by atomic mass is 10.4. The van der Waals surface area contributed by atoms with Crippen molar-refractivity contribution in [2.75, 3.05) is 6.61 Å². The monoisotopic (exact) mass is 230 g/mol. The van der Waals surface area contributed by atoms with Crippen LogP contribution in [-0.2, 0) is 0 Å². The van der Waals surface area contributed by atoms with E-state index in [1.165, 1.54) is 0 Å². The molecule has 0 unspecified atom stereocenters. The minimum atomic E-state index is 0.451. The largest absolute Gasteiger partial charge is 0.463 e. The van der Waals surface area contributed by atoms with Gasteiger partial charge in [-0.05, 0) is 22.4 Å². The molecule has 0 bridgehead atoms. The Bertz CT molecular complexity index is 225. The minimum Gasteiger partial charge on any atom is -0.463 e. The Hall–Kier alpha value is -0.640. The smallest absolute Gasteiger partial charge is 0.316 e. The molecule has 3 nitrogen and oxygen atoms in total.